The molecule has 0 aliphatic carbocycles. The second kappa shape index (κ2) is 25.0. The van der Waals surface area contributed by atoms with Crippen molar-refractivity contribution in [2.75, 3.05) is 13.1 Å². The molecule has 2 nitrogen and oxygen atoms in total. The first-order valence-corrected chi connectivity index (χ1v) is 16.5. The van der Waals surface area contributed by atoms with Crippen molar-refractivity contribution < 1.29 is 0 Å². The fraction of sp³-hybridized carbons (Fsp3) is 0.939. The zero-order valence-corrected chi connectivity index (χ0v) is 24.7. The van der Waals surface area contributed by atoms with Crippen molar-refractivity contribution in [2.24, 2.45) is 0 Å². The van der Waals surface area contributed by atoms with Crippen LogP contribution in [0.3, 0.4) is 0 Å². The van der Waals surface area contributed by atoms with Gasteiger partial charge in [-0.25, -0.2) is 0 Å². The van der Waals surface area contributed by atoms with E-state index in [9.17, 15) is 0 Å². The summed E-state index contributed by atoms with van der Waals surface area (Å²) in [5, 5.41) is 0. The van der Waals surface area contributed by atoms with Crippen molar-refractivity contribution in [3.8, 4) is 0 Å². The van der Waals surface area contributed by atoms with Gasteiger partial charge in [0.05, 0.1) is 0 Å². The predicted molar refractivity (Wildman–Crippen MR) is 159 cm³/mol. The molecule has 0 saturated heterocycles. The first-order valence-electron chi connectivity index (χ1n) is 16.5. The highest BCUT2D eigenvalue weighted by Gasteiger charge is 2.24. The summed E-state index contributed by atoms with van der Waals surface area (Å²) in [6.07, 6.45) is 41.0. The Morgan fingerprint density at radius 2 is 0.657 bits per heavy atom. The average Bonchev–Trinajstić information content (AvgIpc) is 3.25. The van der Waals surface area contributed by atoms with Crippen molar-refractivity contribution in [1.29, 1.82) is 0 Å². The van der Waals surface area contributed by atoms with E-state index in [1.807, 2.05) is 0 Å². The van der Waals surface area contributed by atoms with Gasteiger partial charge in [-0.1, -0.05) is 156 Å². The highest BCUT2D eigenvalue weighted by atomic mass is 15.4. The summed E-state index contributed by atoms with van der Waals surface area (Å²) in [6, 6.07) is 0. The maximum absolute atomic E-state index is 2.67. The molecule has 35 heavy (non-hydrogen) atoms. The minimum Gasteiger partial charge on any atom is -0.356 e. The van der Waals surface area contributed by atoms with Gasteiger partial charge >= 0.3 is 0 Å². The van der Waals surface area contributed by atoms with Crippen LogP contribution in [0.2, 0.25) is 0 Å². The third kappa shape index (κ3) is 18.3. The first-order chi connectivity index (χ1) is 17.3. The number of rotatable bonds is 27. The van der Waals surface area contributed by atoms with Gasteiger partial charge in [0.15, 0.2) is 0 Å². The van der Waals surface area contributed by atoms with Crippen LogP contribution in [0.25, 0.3) is 0 Å². The van der Waals surface area contributed by atoms with E-state index >= 15 is 0 Å². The summed E-state index contributed by atoms with van der Waals surface area (Å²) in [6.45, 7) is 9.47. The maximum atomic E-state index is 2.67. The molecule has 1 aliphatic heterocycles. The lowest BCUT2D eigenvalue weighted by molar-refractivity contribution is 0.136. The van der Waals surface area contributed by atoms with Crippen molar-refractivity contribution in [3.05, 3.63) is 12.4 Å². The molecule has 0 saturated carbocycles. The van der Waals surface area contributed by atoms with E-state index in [-0.39, 0.29) is 0 Å². The summed E-state index contributed by atoms with van der Waals surface area (Å²) in [5.74, 6) is 0. The minimum absolute atomic E-state index is 0.640. The molecule has 1 heterocycles. The third-order valence-electron chi connectivity index (χ3n) is 8.07. The molecule has 0 aromatic rings. The van der Waals surface area contributed by atoms with Crippen LogP contribution in [0.5, 0.6) is 0 Å². The molecule has 0 aromatic heterocycles. The zero-order chi connectivity index (χ0) is 25.2. The first kappa shape index (κ1) is 32.4. The number of hydrogen-bond donors (Lipinski definition) is 0. The Morgan fingerprint density at radius 3 is 0.971 bits per heavy atom. The molecular formula is C33H66N2. The number of hydrogen-bond acceptors (Lipinski definition) is 2. The van der Waals surface area contributed by atoms with E-state index < -0.39 is 0 Å². The van der Waals surface area contributed by atoms with Crippen LogP contribution in [-0.2, 0) is 0 Å². The van der Waals surface area contributed by atoms with Crippen LogP contribution >= 0.6 is 0 Å². The molecule has 0 fully saturated rings. The van der Waals surface area contributed by atoms with Gasteiger partial charge in [-0.3, -0.25) is 0 Å². The van der Waals surface area contributed by atoms with Gasteiger partial charge in [-0.15, -0.1) is 0 Å². The Labute approximate surface area is 222 Å². The summed E-state index contributed by atoms with van der Waals surface area (Å²) in [5.41, 5.74) is 0. The topological polar surface area (TPSA) is 6.48 Å². The van der Waals surface area contributed by atoms with E-state index in [1.165, 1.54) is 174 Å². The molecule has 1 unspecified atom stereocenters. The Balaban J connectivity index is 2.06. The smallest absolute Gasteiger partial charge is 0.101 e. The summed E-state index contributed by atoms with van der Waals surface area (Å²) < 4.78 is 0. The molecular weight excluding hydrogens is 424 g/mol. The van der Waals surface area contributed by atoms with Gasteiger partial charge in [0.2, 0.25) is 0 Å². The van der Waals surface area contributed by atoms with E-state index in [0.717, 1.165) is 0 Å². The van der Waals surface area contributed by atoms with Crippen LogP contribution in [0, 0.1) is 0 Å². The SMILES string of the molecule is CCCCCCCCCCCCCCN1C=CN(CCCCCCCCCCCC)C1CCCC. The molecule has 2 heteroatoms. The third-order valence-corrected chi connectivity index (χ3v) is 8.07. The quantitative estimate of drug-likeness (QED) is 0.106. The number of unbranched alkanes of at least 4 members (excludes halogenated alkanes) is 21. The van der Waals surface area contributed by atoms with Gasteiger partial charge in [0.25, 0.3) is 0 Å². The Hall–Kier alpha value is -0.660. The molecule has 1 aliphatic rings. The number of nitrogens with zero attached hydrogens (tertiary/aromatic N) is 2. The largest absolute Gasteiger partial charge is 0.356 e. The summed E-state index contributed by atoms with van der Waals surface area (Å²) in [7, 11) is 0. The second-order valence-electron chi connectivity index (χ2n) is 11.5. The average molecular weight is 491 g/mol. The van der Waals surface area contributed by atoms with Crippen LogP contribution in [0.15, 0.2) is 12.4 Å². The lowest BCUT2D eigenvalue weighted by Gasteiger charge is -2.33. The van der Waals surface area contributed by atoms with E-state index in [0.29, 0.717) is 6.17 Å². The maximum Gasteiger partial charge on any atom is 0.101 e. The fourth-order valence-electron chi connectivity index (χ4n) is 5.64. The molecule has 1 atom stereocenters. The molecule has 0 radical (unpaired) electrons. The van der Waals surface area contributed by atoms with E-state index in [1.54, 1.807) is 0 Å². The standard InChI is InChI=1S/C33H66N2/c1-4-7-10-12-14-16-18-19-21-23-25-27-30-35-32-31-34(33(35)28-9-6-3)29-26-24-22-20-17-15-13-11-8-5-2/h31-33H,4-30H2,1-3H3. The van der Waals surface area contributed by atoms with Crippen molar-refractivity contribution in [2.45, 2.75) is 187 Å². The molecule has 0 spiro atoms. The van der Waals surface area contributed by atoms with Crippen LogP contribution in [0.1, 0.15) is 181 Å². The Kier molecular flexibility index (Phi) is 23.1. The van der Waals surface area contributed by atoms with Crippen LogP contribution < -0.4 is 0 Å². The molecule has 0 amide bonds. The lowest BCUT2D eigenvalue weighted by atomic mass is 10.1. The molecule has 208 valence electrons. The van der Waals surface area contributed by atoms with Gasteiger partial charge in [-0.2, -0.15) is 0 Å². The predicted octanol–water partition coefficient (Wildman–Crippen LogP) is 11.2. The Morgan fingerprint density at radius 1 is 0.371 bits per heavy atom. The van der Waals surface area contributed by atoms with Crippen molar-refractivity contribution in [3.63, 3.8) is 0 Å². The molecule has 0 N–H and O–H groups in total. The van der Waals surface area contributed by atoms with Crippen LogP contribution in [-0.4, -0.2) is 29.1 Å². The fourth-order valence-corrected chi connectivity index (χ4v) is 5.64. The molecule has 0 bridgehead atoms. The monoisotopic (exact) mass is 491 g/mol. The highest BCUT2D eigenvalue weighted by molar-refractivity contribution is 4.96. The van der Waals surface area contributed by atoms with Gasteiger partial charge in [-0.05, 0) is 25.7 Å². The second-order valence-corrected chi connectivity index (χ2v) is 11.5. The van der Waals surface area contributed by atoms with E-state index in [2.05, 4.69) is 43.0 Å². The van der Waals surface area contributed by atoms with Crippen LogP contribution in [0.4, 0.5) is 0 Å². The van der Waals surface area contributed by atoms with Gasteiger partial charge in [0.1, 0.15) is 6.17 Å². The highest BCUT2D eigenvalue weighted by Crippen LogP contribution is 2.23. The van der Waals surface area contributed by atoms with Crippen molar-refractivity contribution >= 4 is 0 Å². The molecule has 1 rings (SSSR count). The van der Waals surface area contributed by atoms with Gasteiger partial charge in [0, 0.05) is 25.5 Å². The zero-order valence-electron chi connectivity index (χ0n) is 24.7. The van der Waals surface area contributed by atoms with E-state index in [4.69, 9.17) is 0 Å². The normalized spacial score (nSPS) is 15.6. The Bertz CT molecular complexity index is 446. The van der Waals surface area contributed by atoms with Crippen molar-refractivity contribution in [1.82, 2.24) is 9.80 Å². The summed E-state index contributed by atoms with van der Waals surface area (Å²) in [4.78, 5) is 5.34. The van der Waals surface area contributed by atoms with Gasteiger partial charge < -0.3 is 9.80 Å². The molecule has 0 aromatic carbocycles. The summed E-state index contributed by atoms with van der Waals surface area (Å²) >= 11 is 0. The lowest BCUT2D eigenvalue weighted by Crippen LogP contribution is -2.39. The minimum atomic E-state index is 0.640.